The van der Waals surface area contributed by atoms with Crippen molar-refractivity contribution in [2.24, 2.45) is 23.7 Å². The molecule has 1 saturated heterocycles. The third-order valence-corrected chi connectivity index (χ3v) is 7.46. The van der Waals surface area contributed by atoms with Crippen LogP contribution in [0.5, 0.6) is 0 Å². The molecule has 124 valence electrons. The van der Waals surface area contributed by atoms with E-state index in [9.17, 15) is 14.7 Å². The van der Waals surface area contributed by atoms with Crippen LogP contribution in [0, 0.1) is 23.7 Å². The molecule has 0 aromatic carbocycles. The molecule has 0 radical (unpaired) electrons. The van der Waals surface area contributed by atoms with Gasteiger partial charge in [0.15, 0.2) is 0 Å². The fourth-order valence-corrected chi connectivity index (χ4v) is 6.10. The summed E-state index contributed by atoms with van der Waals surface area (Å²) in [4.78, 5) is 23.9. The molecule has 2 aliphatic carbocycles. The molecular weight excluding hydrogens is 304 g/mol. The number of hydrogen-bond donors (Lipinski definition) is 1. The van der Waals surface area contributed by atoms with Gasteiger partial charge in [0.1, 0.15) is 17.6 Å². The maximum absolute atomic E-state index is 12.3. The van der Waals surface area contributed by atoms with Gasteiger partial charge in [-0.1, -0.05) is 13.8 Å². The lowest BCUT2D eigenvalue weighted by Gasteiger charge is -2.44. The Bertz CT molecular complexity index is 481. The van der Waals surface area contributed by atoms with Crippen molar-refractivity contribution in [2.45, 2.75) is 50.1 Å². The molecule has 1 heterocycles. The molecule has 5 nitrogen and oxygen atoms in total. The van der Waals surface area contributed by atoms with Gasteiger partial charge in [0.2, 0.25) is 0 Å². The van der Waals surface area contributed by atoms with Crippen molar-refractivity contribution in [3.63, 3.8) is 0 Å². The SMILES string of the molecule is COC(=O)[C@@H](C)CS[C@H]1C2C(=O)O[C@@H]3CC[C@H](C[C@@H]1C)[C@]23O. The lowest BCUT2D eigenvalue weighted by Crippen LogP contribution is -2.55. The molecule has 0 aromatic heterocycles. The second kappa shape index (κ2) is 5.71. The van der Waals surface area contributed by atoms with E-state index >= 15 is 0 Å². The van der Waals surface area contributed by atoms with Crippen molar-refractivity contribution in [1.29, 1.82) is 0 Å². The van der Waals surface area contributed by atoms with Gasteiger partial charge in [-0.3, -0.25) is 9.59 Å². The molecule has 1 aliphatic heterocycles. The van der Waals surface area contributed by atoms with Crippen molar-refractivity contribution in [1.82, 2.24) is 0 Å². The van der Waals surface area contributed by atoms with Crippen LogP contribution in [0.15, 0.2) is 0 Å². The molecular formula is C16H24O5S. The minimum atomic E-state index is -0.990. The monoisotopic (exact) mass is 328 g/mol. The molecule has 6 heteroatoms. The van der Waals surface area contributed by atoms with Gasteiger partial charge in [-0.05, 0) is 31.1 Å². The summed E-state index contributed by atoms with van der Waals surface area (Å²) in [5.41, 5.74) is -0.990. The highest BCUT2D eigenvalue weighted by atomic mass is 32.2. The smallest absolute Gasteiger partial charge is 0.313 e. The van der Waals surface area contributed by atoms with Crippen LogP contribution in [0.25, 0.3) is 0 Å². The molecule has 0 aromatic rings. The molecule has 0 amide bonds. The normalized spacial score (nSPS) is 44.4. The predicted octanol–water partition coefficient (Wildman–Crippen LogP) is 1.62. The summed E-state index contributed by atoms with van der Waals surface area (Å²) in [5, 5.41) is 11.1. The van der Waals surface area contributed by atoms with Crippen molar-refractivity contribution in [2.75, 3.05) is 12.9 Å². The first-order valence-electron chi connectivity index (χ1n) is 8.01. The van der Waals surface area contributed by atoms with Crippen LogP contribution in [-0.4, -0.2) is 46.9 Å². The van der Waals surface area contributed by atoms with Crippen molar-refractivity contribution < 1.29 is 24.2 Å². The largest absolute Gasteiger partial charge is 0.469 e. The summed E-state index contributed by atoms with van der Waals surface area (Å²) in [6.07, 6.45) is 2.30. The first-order chi connectivity index (χ1) is 10.4. The third-order valence-electron chi connectivity index (χ3n) is 5.65. The highest BCUT2D eigenvalue weighted by Gasteiger charge is 2.68. The number of hydrogen-bond acceptors (Lipinski definition) is 6. The molecule has 1 N–H and O–H groups in total. The molecule has 7 atom stereocenters. The van der Waals surface area contributed by atoms with Gasteiger partial charge in [0.25, 0.3) is 0 Å². The Kier molecular flexibility index (Phi) is 4.18. The van der Waals surface area contributed by atoms with Crippen LogP contribution in [0.2, 0.25) is 0 Å². The maximum Gasteiger partial charge on any atom is 0.313 e. The number of methoxy groups -OCH3 is 1. The van der Waals surface area contributed by atoms with E-state index in [1.807, 2.05) is 6.92 Å². The van der Waals surface area contributed by atoms with E-state index < -0.39 is 11.5 Å². The van der Waals surface area contributed by atoms with Crippen LogP contribution in [0.1, 0.15) is 33.1 Å². The fraction of sp³-hybridized carbons (Fsp3) is 0.875. The molecule has 0 spiro atoms. The van der Waals surface area contributed by atoms with Crippen LogP contribution in [0.4, 0.5) is 0 Å². The standard InChI is InChI=1S/C16H24O5S/c1-8-6-10-4-5-11-16(10,19)12(15(18)21-11)13(8)22-7-9(2)14(17)20-3/h8-13,19H,4-7H2,1-3H3/t8-,9-,10+,11+,12?,13+,16+/m0/s1. The number of esters is 2. The third kappa shape index (κ3) is 2.26. The zero-order chi connectivity index (χ0) is 16.1. The first-order valence-corrected chi connectivity index (χ1v) is 9.06. The molecule has 3 aliphatic rings. The van der Waals surface area contributed by atoms with Gasteiger partial charge < -0.3 is 14.6 Å². The Labute approximate surface area is 135 Å². The molecule has 3 rings (SSSR count). The van der Waals surface area contributed by atoms with E-state index in [0.717, 1.165) is 19.3 Å². The Morgan fingerprint density at radius 2 is 2.27 bits per heavy atom. The lowest BCUT2D eigenvalue weighted by atomic mass is 9.66. The Morgan fingerprint density at radius 3 is 2.95 bits per heavy atom. The Morgan fingerprint density at radius 1 is 1.55 bits per heavy atom. The van der Waals surface area contributed by atoms with Gasteiger partial charge >= 0.3 is 11.9 Å². The summed E-state index contributed by atoms with van der Waals surface area (Å²) in [5.74, 6) is -0.0766. The average molecular weight is 328 g/mol. The maximum atomic E-state index is 12.3. The number of aliphatic hydroxyl groups is 1. The van der Waals surface area contributed by atoms with Gasteiger partial charge in [0.05, 0.1) is 13.0 Å². The second-order valence-electron chi connectivity index (χ2n) is 7.00. The van der Waals surface area contributed by atoms with Crippen LogP contribution in [-0.2, 0) is 19.1 Å². The average Bonchev–Trinajstić information content (AvgIpc) is 2.93. The first kappa shape index (κ1) is 16.1. The number of carbonyl (C=O) groups excluding carboxylic acids is 2. The zero-order valence-electron chi connectivity index (χ0n) is 13.3. The van der Waals surface area contributed by atoms with Crippen molar-refractivity contribution >= 4 is 23.7 Å². The summed E-state index contributed by atoms with van der Waals surface area (Å²) in [6, 6.07) is 0. The van der Waals surface area contributed by atoms with Gasteiger partial charge in [-0.15, -0.1) is 0 Å². The van der Waals surface area contributed by atoms with E-state index in [4.69, 9.17) is 9.47 Å². The topological polar surface area (TPSA) is 72.8 Å². The minimum absolute atomic E-state index is 0.00366. The van der Waals surface area contributed by atoms with E-state index in [0.29, 0.717) is 11.7 Å². The highest BCUT2D eigenvalue weighted by Crippen LogP contribution is 2.58. The minimum Gasteiger partial charge on any atom is -0.469 e. The summed E-state index contributed by atoms with van der Waals surface area (Å²) >= 11 is 1.61. The number of carbonyl (C=O) groups is 2. The van der Waals surface area contributed by atoms with Crippen LogP contribution >= 0.6 is 11.8 Å². The quantitative estimate of drug-likeness (QED) is 0.791. The summed E-state index contributed by atoms with van der Waals surface area (Å²) in [7, 11) is 1.39. The van der Waals surface area contributed by atoms with Gasteiger partial charge in [-0.25, -0.2) is 0 Å². The Hall–Kier alpha value is -0.750. The lowest BCUT2D eigenvalue weighted by molar-refractivity contribution is -0.145. The number of rotatable bonds is 4. The van der Waals surface area contributed by atoms with E-state index in [1.54, 1.807) is 11.8 Å². The van der Waals surface area contributed by atoms with Crippen molar-refractivity contribution in [3.8, 4) is 0 Å². The predicted molar refractivity (Wildman–Crippen MR) is 82.3 cm³/mol. The van der Waals surface area contributed by atoms with E-state index in [2.05, 4.69) is 6.92 Å². The Balaban J connectivity index is 1.76. The number of thioether (sulfide) groups is 1. The second-order valence-corrected chi connectivity index (χ2v) is 8.21. The molecule has 2 saturated carbocycles. The van der Waals surface area contributed by atoms with Gasteiger partial charge in [-0.2, -0.15) is 11.8 Å². The van der Waals surface area contributed by atoms with E-state index in [1.165, 1.54) is 7.11 Å². The summed E-state index contributed by atoms with van der Waals surface area (Å²) < 4.78 is 10.2. The summed E-state index contributed by atoms with van der Waals surface area (Å²) in [6.45, 7) is 3.97. The molecule has 0 bridgehead atoms. The zero-order valence-corrected chi connectivity index (χ0v) is 14.1. The van der Waals surface area contributed by atoms with Gasteiger partial charge in [0, 0.05) is 11.0 Å². The van der Waals surface area contributed by atoms with E-state index in [-0.39, 0.29) is 35.1 Å². The number of ether oxygens (including phenoxy) is 2. The molecule has 3 fully saturated rings. The van der Waals surface area contributed by atoms with Crippen LogP contribution < -0.4 is 0 Å². The fourth-order valence-electron chi connectivity index (χ4n) is 4.49. The van der Waals surface area contributed by atoms with Crippen LogP contribution in [0.3, 0.4) is 0 Å². The molecule has 1 unspecified atom stereocenters. The van der Waals surface area contributed by atoms with Crippen molar-refractivity contribution in [3.05, 3.63) is 0 Å². The highest BCUT2D eigenvalue weighted by molar-refractivity contribution is 8.00. The molecule has 22 heavy (non-hydrogen) atoms.